The summed E-state index contributed by atoms with van der Waals surface area (Å²) >= 11 is 0. The maximum atomic E-state index is 12.6. The summed E-state index contributed by atoms with van der Waals surface area (Å²) in [7, 11) is 1.71. The van der Waals surface area contributed by atoms with Crippen LogP contribution in [-0.4, -0.2) is 123 Å². The largest absolute Gasteiger partial charge is 0.463 e. The Hall–Kier alpha value is -3.06. The molecule has 0 bridgehead atoms. The van der Waals surface area contributed by atoms with Crippen molar-refractivity contribution in [2.45, 2.75) is 45.4 Å². The molecular formula is C38H57NO10. The number of unbranched alkanes of at least 4 members (excludes halogenated alkanes) is 1. The van der Waals surface area contributed by atoms with Gasteiger partial charge in [0.25, 0.3) is 0 Å². The van der Waals surface area contributed by atoms with Crippen LogP contribution in [0.4, 0.5) is 4.79 Å². The number of carbonyl (C=O) groups excluding carboxylic acids is 2. The number of carbonyl (C=O) groups is 2. The van der Waals surface area contributed by atoms with E-state index in [1.165, 1.54) is 27.2 Å². The number of rotatable bonds is 28. The van der Waals surface area contributed by atoms with Crippen molar-refractivity contribution in [2.75, 3.05) is 106 Å². The second-order valence-corrected chi connectivity index (χ2v) is 11.8. The predicted molar refractivity (Wildman–Crippen MR) is 187 cm³/mol. The lowest BCUT2D eigenvalue weighted by molar-refractivity contribution is -0.150. The number of esters is 1. The van der Waals surface area contributed by atoms with Crippen LogP contribution in [0.1, 0.15) is 56.6 Å². The summed E-state index contributed by atoms with van der Waals surface area (Å²) in [6.07, 6.45) is 3.45. The fraction of sp³-hybridized carbons (Fsp3) is 0.632. The molecule has 2 aromatic carbocycles. The van der Waals surface area contributed by atoms with E-state index in [0.29, 0.717) is 92.4 Å². The molecule has 1 aliphatic carbocycles. The second-order valence-electron chi connectivity index (χ2n) is 11.8. The van der Waals surface area contributed by atoms with Crippen LogP contribution in [0.25, 0.3) is 11.1 Å². The van der Waals surface area contributed by atoms with Crippen molar-refractivity contribution in [3.63, 3.8) is 0 Å². The van der Waals surface area contributed by atoms with Crippen LogP contribution >= 0.6 is 0 Å². The first-order valence-electron chi connectivity index (χ1n) is 17.8. The lowest BCUT2D eigenvalue weighted by Gasteiger charge is -2.19. The first-order valence-corrected chi connectivity index (χ1v) is 17.8. The van der Waals surface area contributed by atoms with E-state index >= 15 is 0 Å². The zero-order valence-corrected chi connectivity index (χ0v) is 29.7. The molecule has 0 heterocycles. The highest BCUT2D eigenvalue weighted by atomic mass is 16.6. The summed E-state index contributed by atoms with van der Waals surface area (Å²) in [5, 5.41) is 0. The van der Waals surface area contributed by atoms with Gasteiger partial charge >= 0.3 is 12.1 Å². The molecule has 11 heteroatoms. The van der Waals surface area contributed by atoms with Crippen molar-refractivity contribution in [2.24, 2.45) is 5.92 Å². The van der Waals surface area contributed by atoms with Crippen molar-refractivity contribution in [1.29, 1.82) is 0 Å². The smallest absolute Gasteiger partial charge is 0.409 e. The topological polar surface area (TPSA) is 111 Å². The first-order chi connectivity index (χ1) is 24.1. The number of hydrogen-bond acceptors (Lipinski definition) is 10. The normalized spacial score (nSPS) is 12.8. The minimum atomic E-state index is -0.365. The zero-order valence-electron chi connectivity index (χ0n) is 29.7. The summed E-state index contributed by atoms with van der Waals surface area (Å²) in [4.78, 5) is 26.2. The Labute approximate surface area is 292 Å². The maximum absolute atomic E-state index is 12.6. The van der Waals surface area contributed by atoms with Gasteiger partial charge in [0.2, 0.25) is 0 Å². The van der Waals surface area contributed by atoms with Crippen LogP contribution in [0.15, 0.2) is 48.5 Å². The van der Waals surface area contributed by atoms with Crippen LogP contribution in [0.2, 0.25) is 0 Å². The number of amides is 1. The van der Waals surface area contributed by atoms with Gasteiger partial charge in [0.15, 0.2) is 0 Å². The van der Waals surface area contributed by atoms with E-state index in [4.69, 9.17) is 37.9 Å². The van der Waals surface area contributed by atoms with E-state index in [2.05, 4.69) is 31.2 Å². The second kappa shape index (κ2) is 25.0. The number of nitrogens with zero attached hydrogens (tertiary/aromatic N) is 1. The molecule has 0 fully saturated rings. The Morgan fingerprint density at radius 3 is 1.55 bits per heavy atom. The average Bonchev–Trinajstić information content (AvgIpc) is 3.44. The third kappa shape index (κ3) is 15.2. The Kier molecular flexibility index (Phi) is 20.6. The fourth-order valence-corrected chi connectivity index (χ4v) is 5.46. The highest BCUT2D eigenvalue weighted by molar-refractivity contribution is 5.79. The highest BCUT2D eigenvalue weighted by Crippen LogP contribution is 2.44. The number of likely N-dealkylation sites (N-methyl/N-ethyl adjacent to an activating group) is 1. The maximum Gasteiger partial charge on any atom is 0.409 e. The van der Waals surface area contributed by atoms with Gasteiger partial charge in [-0.15, -0.1) is 0 Å². The van der Waals surface area contributed by atoms with E-state index in [0.717, 1.165) is 25.7 Å². The summed E-state index contributed by atoms with van der Waals surface area (Å²) in [6.45, 7) is 10.5. The van der Waals surface area contributed by atoms with E-state index in [1.54, 1.807) is 7.05 Å². The molecule has 11 nitrogen and oxygen atoms in total. The third-order valence-corrected chi connectivity index (χ3v) is 8.28. The van der Waals surface area contributed by atoms with Crippen molar-refractivity contribution in [3.05, 3.63) is 59.7 Å². The molecular weight excluding hydrogens is 630 g/mol. The molecule has 1 amide bonds. The first kappa shape index (κ1) is 40.4. The van der Waals surface area contributed by atoms with Gasteiger partial charge in [-0.25, -0.2) is 4.79 Å². The van der Waals surface area contributed by atoms with Crippen molar-refractivity contribution < 1.29 is 47.5 Å². The van der Waals surface area contributed by atoms with Crippen LogP contribution in [0, 0.1) is 5.92 Å². The molecule has 0 saturated carbocycles. The minimum Gasteiger partial charge on any atom is -0.463 e. The van der Waals surface area contributed by atoms with Gasteiger partial charge in [-0.05, 0) is 35.1 Å². The highest BCUT2D eigenvalue weighted by Gasteiger charge is 2.29. The summed E-state index contributed by atoms with van der Waals surface area (Å²) in [5.74, 6) is -0.0941. The average molecular weight is 688 g/mol. The van der Waals surface area contributed by atoms with Gasteiger partial charge in [0.1, 0.15) is 13.2 Å². The zero-order chi connectivity index (χ0) is 34.9. The molecule has 49 heavy (non-hydrogen) atoms. The standard InChI is InChI=1S/C38H57NO10/c1-4-6-11-31(5-2)37(40)48-29-28-47-27-26-46-25-24-45-23-22-44-21-20-43-19-18-42-17-16-39(3)38(41)49-30-36-34-14-9-7-12-32(34)33-13-8-10-15-35(33)36/h7-10,12-15,31,36H,4-6,11,16-30H2,1-3H3. The van der Waals surface area contributed by atoms with Crippen LogP contribution in [0.5, 0.6) is 0 Å². The van der Waals surface area contributed by atoms with Gasteiger partial charge in [-0.2, -0.15) is 0 Å². The van der Waals surface area contributed by atoms with E-state index in [-0.39, 0.29) is 30.5 Å². The Morgan fingerprint density at radius 2 is 1.08 bits per heavy atom. The van der Waals surface area contributed by atoms with Gasteiger partial charge < -0.3 is 42.8 Å². The van der Waals surface area contributed by atoms with Gasteiger partial charge in [0.05, 0.1) is 85.2 Å². The van der Waals surface area contributed by atoms with Crippen LogP contribution < -0.4 is 0 Å². The summed E-state index contributed by atoms with van der Waals surface area (Å²) in [6, 6.07) is 16.6. The quantitative estimate of drug-likeness (QED) is 0.0813. The molecule has 0 radical (unpaired) electrons. The lowest BCUT2D eigenvalue weighted by atomic mass is 9.98. The molecule has 2 aromatic rings. The molecule has 0 spiro atoms. The molecule has 1 aliphatic rings. The molecule has 0 saturated heterocycles. The molecule has 0 aliphatic heterocycles. The molecule has 1 unspecified atom stereocenters. The molecule has 1 atom stereocenters. The minimum absolute atomic E-state index is 0.00899. The SMILES string of the molecule is CCCCC(CC)C(=O)OCCOCCOCCOCCOCCOCCOCCN(C)C(=O)OCC1c2ccccc2-c2ccccc21. The Balaban J connectivity index is 1.05. The monoisotopic (exact) mass is 687 g/mol. The van der Waals surface area contributed by atoms with Gasteiger partial charge in [0, 0.05) is 19.5 Å². The van der Waals surface area contributed by atoms with E-state index in [9.17, 15) is 9.59 Å². The van der Waals surface area contributed by atoms with Crippen molar-refractivity contribution in [3.8, 4) is 11.1 Å². The fourth-order valence-electron chi connectivity index (χ4n) is 5.46. The lowest BCUT2D eigenvalue weighted by Crippen LogP contribution is -2.32. The van der Waals surface area contributed by atoms with Gasteiger partial charge in [-0.3, -0.25) is 4.79 Å². The number of hydrogen-bond donors (Lipinski definition) is 0. The van der Waals surface area contributed by atoms with Crippen molar-refractivity contribution >= 4 is 12.1 Å². The number of ether oxygens (including phenoxy) is 8. The number of fused-ring (bicyclic) bond motifs is 3. The Morgan fingerprint density at radius 1 is 0.633 bits per heavy atom. The van der Waals surface area contributed by atoms with E-state index in [1.807, 2.05) is 31.2 Å². The number of benzene rings is 2. The van der Waals surface area contributed by atoms with Crippen molar-refractivity contribution in [1.82, 2.24) is 4.90 Å². The molecule has 0 aromatic heterocycles. The molecule has 3 rings (SSSR count). The summed E-state index contributed by atoms with van der Waals surface area (Å²) in [5.41, 5.74) is 4.80. The Bertz CT molecular complexity index is 1150. The third-order valence-electron chi connectivity index (χ3n) is 8.28. The summed E-state index contributed by atoms with van der Waals surface area (Å²) < 4.78 is 44.1. The van der Waals surface area contributed by atoms with Crippen LogP contribution in [0.3, 0.4) is 0 Å². The molecule has 274 valence electrons. The predicted octanol–water partition coefficient (Wildman–Crippen LogP) is 5.73. The van der Waals surface area contributed by atoms with Gasteiger partial charge in [-0.1, -0.05) is 75.2 Å². The van der Waals surface area contributed by atoms with Crippen LogP contribution in [-0.2, 0) is 42.7 Å². The van der Waals surface area contributed by atoms with E-state index < -0.39 is 0 Å². The molecule has 0 N–H and O–H groups in total.